The number of rotatable bonds is 5. The highest BCUT2D eigenvalue weighted by Gasteiger charge is 2.21. The van der Waals surface area contributed by atoms with Crippen molar-refractivity contribution in [3.8, 4) is 5.75 Å². The first-order valence-electron chi connectivity index (χ1n) is 5.98. The fourth-order valence-electron chi connectivity index (χ4n) is 1.87. The van der Waals surface area contributed by atoms with Gasteiger partial charge in [-0.3, -0.25) is 9.52 Å². The molecule has 0 saturated carbocycles. The van der Waals surface area contributed by atoms with Gasteiger partial charge in [0.15, 0.2) is 0 Å². The minimum Gasteiger partial charge on any atom is -0.507 e. The molecule has 7 nitrogen and oxygen atoms in total. The van der Waals surface area contributed by atoms with Crippen molar-refractivity contribution in [1.82, 2.24) is 4.31 Å². The number of carboxylic acid groups (broad SMARTS) is 1. The van der Waals surface area contributed by atoms with E-state index in [4.69, 9.17) is 5.11 Å². The van der Waals surface area contributed by atoms with Gasteiger partial charge in [-0.25, -0.2) is 0 Å². The van der Waals surface area contributed by atoms with E-state index in [9.17, 15) is 18.3 Å². The predicted molar refractivity (Wildman–Crippen MR) is 78.4 cm³/mol. The zero-order chi connectivity index (χ0) is 15.6. The smallest absolute Gasteiger partial charge is 0.318 e. The third-order valence-electron chi connectivity index (χ3n) is 2.91. The van der Waals surface area contributed by atoms with Crippen molar-refractivity contribution in [1.29, 1.82) is 0 Å². The molecule has 21 heavy (non-hydrogen) atoms. The first-order chi connectivity index (χ1) is 9.81. The number of phenols is 1. The monoisotopic (exact) mass is 310 g/mol. The molecule has 2 aromatic rings. The summed E-state index contributed by atoms with van der Waals surface area (Å²) in [4.78, 5) is 10.6. The molecule has 0 radical (unpaired) electrons. The fourth-order valence-corrected chi connectivity index (χ4v) is 2.77. The molecule has 0 spiro atoms. The van der Waals surface area contributed by atoms with Crippen LogP contribution in [0.3, 0.4) is 0 Å². The molecule has 0 atom stereocenters. The van der Waals surface area contributed by atoms with Crippen LogP contribution < -0.4 is 4.72 Å². The van der Waals surface area contributed by atoms with Crippen LogP contribution in [0.4, 0.5) is 5.69 Å². The summed E-state index contributed by atoms with van der Waals surface area (Å²) >= 11 is 0. The number of anilines is 1. The normalized spacial score (nSPS) is 11.7. The summed E-state index contributed by atoms with van der Waals surface area (Å²) in [6, 6.07) is 9.53. The van der Waals surface area contributed by atoms with E-state index in [-0.39, 0.29) is 11.4 Å². The fraction of sp³-hybridized carbons (Fsp3) is 0.154. The van der Waals surface area contributed by atoms with E-state index in [2.05, 4.69) is 4.72 Å². The maximum atomic E-state index is 12.1. The molecular weight excluding hydrogens is 296 g/mol. The molecule has 0 fully saturated rings. The zero-order valence-corrected chi connectivity index (χ0v) is 12.0. The predicted octanol–water partition coefficient (Wildman–Crippen LogP) is 1.22. The van der Waals surface area contributed by atoms with Gasteiger partial charge in [-0.05, 0) is 12.1 Å². The van der Waals surface area contributed by atoms with Crippen molar-refractivity contribution < 1.29 is 23.4 Å². The summed E-state index contributed by atoms with van der Waals surface area (Å²) in [5.74, 6) is -1.22. The summed E-state index contributed by atoms with van der Waals surface area (Å²) < 4.78 is 27.1. The number of aromatic hydroxyl groups is 1. The Morgan fingerprint density at radius 3 is 2.48 bits per heavy atom. The molecule has 0 aliphatic heterocycles. The van der Waals surface area contributed by atoms with Gasteiger partial charge in [0, 0.05) is 17.8 Å². The lowest BCUT2D eigenvalue weighted by atomic mass is 10.1. The largest absolute Gasteiger partial charge is 0.507 e. The quantitative estimate of drug-likeness (QED) is 0.769. The molecule has 0 saturated heterocycles. The first-order valence-corrected chi connectivity index (χ1v) is 7.42. The number of likely N-dealkylation sites (N-methyl/N-ethyl adjacent to an activating group) is 1. The molecule has 0 unspecified atom stereocenters. The lowest BCUT2D eigenvalue weighted by Gasteiger charge is -2.17. The molecule has 2 rings (SSSR count). The summed E-state index contributed by atoms with van der Waals surface area (Å²) in [7, 11) is -2.83. The van der Waals surface area contributed by atoms with E-state index in [1.54, 1.807) is 24.3 Å². The van der Waals surface area contributed by atoms with E-state index < -0.39 is 22.7 Å². The number of nitrogens with zero attached hydrogens (tertiary/aromatic N) is 1. The number of carbonyl (C=O) groups is 1. The summed E-state index contributed by atoms with van der Waals surface area (Å²) in [6.45, 7) is -0.647. The lowest BCUT2D eigenvalue weighted by molar-refractivity contribution is -0.137. The third-order valence-corrected chi connectivity index (χ3v) is 4.33. The first kappa shape index (κ1) is 15.1. The highest BCUT2D eigenvalue weighted by atomic mass is 32.2. The number of hydrogen-bond donors (Lipinski definition) is 3. The molecule has 0 amide bonds. The Balaban J connectivity index is 2.40. The molecule has 112 valence electrons. The molecule has 0 aromatic heterocycles. The van der Waals surface area contributed by atoms with E-state index >= 15 is 0 Å². The molecule has 0 aliphatic carbocycles. The number of nitrogens with one attached hydrogen (secondary N) is 1. The Morgan fingerprint density at radius 2 is 1.81 bits per heavy atom. The van der Waals surface area contributed by atoms with Gasteiger partial charge >= 0.3 is 16.2 Å². The molecule has 3 N–H and O–H groups in total. The number of carboxylic acids is 1. The van der Waals surface area contributed by atoms with E-state index in [0.717, 1.165) is 0 Å². The van der Waals surface area contributed by atoms with Crippen LogP contribution in [0.25, 0.3) is 10.8 Å². The Bertz CT molecular complexity index is 788. The van der Waals surface area contributed by atoms with Gasteiger partial charge in [0.25, 0.3) is 0 Å². The number of phenolic OH excluding ortho intramolecular Hbond substituents is 1. The summed E-state index contributed by atoms with van der Waals surface area (Å²) in [6.07, 6.45) is 0. The summed E-state index contributed by atoms with van der Waals surface area (Å²) in [5.41, 5.74) is 0.264. The van der Waals surface area contributed by atoms with Gasteiger partial charge in [0.05, 0.1) is 5.69 Å². The van der Waals surface area contributed by atoms with Crippen molar-refractivity contribution in [2.75, 3.05) is 18.3 Å². The maximum absolute atomic E-state index is 12.1. The number of benzene rings is 2. The van der Waals surface area contributed by atoms with Crippen LogP contribution in [0.2, 0.25) is 0 Å². The number of hydrogen-bond acceptors (Lipinski definition) is 4. The topological polar surface area (TPSA) is 107 Å². The molecular formula is C13H14N2O5S. The second-order valence-electron chi connectivity index (χ2n) is 4.43. The summed E-state index contributed by atoms with van der Waals surface area (Å²) in [5, 5.41) is 19.4. The average Bonchev–Trinajstić information content (AvgIpc) is 2.39. The minimum absolute atomic E-state index is 0.0347. The molecule has 0 aliphatic rings. The van der Waals surface area contributed by atoms with E-state index in [0.29, 0.717) is 15.1 Å². The van der Waals surface area contributed by atoms with E-state index in [1.165, 1.54) is 19.2 Å². The highest BCUT2D eigenvalue weighted by Crippen LogP contribution is 2.30. The van der Waals surface area contributed by atoms with Crippen molar-refractivity contribution >= 4 is 32.6 Å². The Kier molecular flexibility index (Phi) is 4.01. The minimum atomic E-state index is -3.99. The van der Waals surface area contributed by atoms with Crippen LogP contribution in [0.5, 0.6) is 5.75 Å². The number of fused-ring (bicyclic) bond motifs is 1. The van der Waals surface area contributed by atoms with Gasteiger partial charge in [-0.2, -0.15) is 12.7 Å². The molecule has 8 heteroatoms. The third kappa shape index (κ3) is 3.23. The maximum Gasteiger partial charge on any atom is 0.318 e. The van der Waals surface area contributed by atoms with Crippen LogP contribution in [-0.2, 0) is 15.0 Å². The van der Waals surface area contributed by atoms with Gasteiger partial charge in [0.2, 0.25) is 0 Å². The lowest BCUT2D eigenvalue weighted by Crippen LogP contribution is -2.36. The molecule has 0 bridgehead atoms. The van der Waals surface area contributed by atoms with Gasteiger partial charge < -0.3 is 10.2 Å². The van der Waals surface area contributed by atoms with Crippen LogP contribution in [0, 0.1) is 0 Å². The second-order valence-corrected chi connectivity index (χ2v) is 6.21. The SMILES string of the molecule is CN(CC(=O)O)S(=O)(=O)Nc1cccc2c(O)cccc12. The van der Waals surface area contributed by atoms with Crippen LogP contribution in [-0.4, -0.2) is 42.5 Å². The van der Waals surface area contributed by atoms with Crippen molar-refractivity contribution in [2.24, 2.45) is 0 Å². The second kappa shape index (κ2) is 5.58. The Morgan fingerprint density at radius 1 is 1.19 bits per heavy atom. The zero-order valence-electron chi connectivity index (χ0n) is 11.1. The standard InChI is InChI=1S/C13H14N2O5S/c1-15(8-13(17)18)21(19,20)14-11-6-2-5-10-9(11)4-3-7-12(10)16/h2-7,14,16H,8H2,1H3,(H,17,18). The Hall–Kier alpha value is -2.32. The number of aliphatic carboxylic acids is 1. The molecule has 0 heterocycles. The Labute approximate surface area is 121 Å². The van der Waals surface area contributed by atoms with Crippen molar-refractivity contribution in [3.05, 3.63) is 36.4 Å². The molecule has 2 aromatic carbocycles. The van der Waals surface area contributed by atoms with Crippen LogP contribution in [0.15, 0.2) is 36.4 Å². The van der Waals surface area contributed by atoms with Crippen LogP contribution >= 0.6 is 0 Å². The van der Waals surface area contributed by atoms with E-state index in [1.807, 2.05) is 0 Å². The van der Waals surface area contributed by atoms with Crippen molar-refractivity contribution in [2.45, 2.75) is 0 Å². The van der Waals surface area contributed by atoms with Gasteiger partial charge in [-0.15, -0.1) is 0 Å². The highest BCUT2D eigenvalue weighted by molar-refractivity contribution is 7.90. The van der Waals surface area contributed by atoms with Gasteiger partial charge in [-0.1, -0.05) is 24.3 Å². The van der Waals surface area contributed by atoms with Crippen molar-refractivity contribution in [3.63, 3.8) is 0 Å². The van der Waals surface area contributed by atoms with Gasteiger partial charge in [0.1, 0.15) is 12.3 Å². The van der Waals surface area contributed by atoms with Crippen LogP contribution in [0.1, 0.15) is 0 Å². The average molecular weight is 310 g/mol.